The van der Waals surface area contributed by atoms with Crippen LogP contribution in [0.4, 0.5) is 0 Å². The lowest BCUT2D eigenvalue weighted by atomic mass is 9.98. The molecule has 0 aromatic rings. The van der Waals surface area contributed by atoms with Crippen LogP contribution in [0.2, 0.25) is 0 Å². The van der Waals surface area contributed by atoms with Crippen LogP contribution in [-0.4, -0.2) is 49.3 Å². The van der Waals surface area contributed by atoms with E-state index in [0.29, 0.717) is 0 Å². The van der Waals surface area contributed by atoms with Crippen LogP contribution in [0, 0.1) is 5.92 Å². The third-order valence-corrected chi connectivity index (χ3v) is 3.28. The Bertz CT molecular complexity index is 164. The van der Waals surface area contributed by atoms with E-state index in [0.717, 1.165) is 31.8 Å². The van der Waals surface area contributed by atoms with Gasteiger partial charge in [0.2, 0.25) is 0 Å². The zero-order valence-corrected chi connectivity index (χ0v) is 10.2. The van der Waals surface area contributed by atoms with E-state index in [-0.39, 0.29) is 6.10 Å². The molecule has 3 nitrogen and oxygen atoms in total. The van der Waals surface area contributed by atoms with Crippen molar-refractivity contribution in [2.24, 2.45) is 5.92 Å². The summed E-state index contributed by atoms with van der Waals surface area (Å²) in [6.45, 7) is 6.57. The van der Waals surface area contributed by atoms with Crippen LogP contribution >= 0.6 is 0 Å². The van der Waals surface area contributed by atoms with Gasteiger partial charge < -0.3 is 15.3 Å². The first-order chi connectivity index (χ1) is 7.22. The fourth-order valence-corrected chi connectivity index (χ4v) is 2.22. The minimum absolute atomic E-state index is 0.119. The van der Waals surface area contributed by atoms with Crippen molar-refractivity contribution >= 4 is 0 Å². The second kappa shape index (κ2) is 7.20. The molecule has 2 atom stereocenters. The van der Waals surface area contributed by atoms with E-state index in [9.17, 15) is 5.11 Å². The fourth-order valence-electron chi connectivity index (χ4n) is 2.22. The third kappa shape index (κ3) is 5.50. The first-order valence-corrected chi connectivity index (χ1v) is 6.29. The zero-order valence-electron chi connectivity index (χ0n) is 10.2. The highest BCUT2D eigenvalue weighted by molar-refractivity contribution is 4.72. The molecule has 90 valence electrons. The average molecular weight is 214 g/mol. The van der Waals surface area contributed by atoms with Crippen molar-refractivity contribution in [1.29, 1.82) is 0 Å². The van der Waals surface area contributed by atoms with Crippen LogP contribution in [0.25, 0.3) is 0 Å². The van der Waals surface area contributed by atoms with Crippen molar-refractivity contribution in [3.63, 3.8) is 0 Å². The zero-order chi connectivity index (χ0) is 11.1. The molecule has 0 aliphatic carbocycles. The molecule has 1 fully saturated rings. The fraction of sp³-hybridized carbons (Fsp3) is 1.00. The monoisotopic (exact) mass is 214 g/mol. The molecule has 1 saturated heterocycles. The second-order valence-corrected chi connectivity index (χ2v) is 4.83. The molecule has 2 unspecified atom stereocenters. The summed E-state index contributed by atoms with van der Waals surface area (Å²) in [6.07, 6.45) is 4.33. The molecule has 15 heavy (non-hydrogen) atoms. The van der Waals surface area contributed by atoms with Gasteiger partial charge in [0.15, 0.2) is 0 Å². The quantitative estimate of drug-likeness (QED) is 0.650. The Balaban J connectivity index is 1.99. The highest BCUT2D eigenvalue weighted by atomic mass is 16.3. The van der Waals surface area contributed by atoms with Gasteiger partial charge >= 0.3 is 0 Å². The average Bonchev–Trinajstić information content (AvgIpc) is 2.24. The minimum Gasteiger partial charge on any atom is -0.393 e. The van der Waals surface area contributed by atoms with Crippen molar-refractivity contribution < 1.29 is 5.11 Å². The van der Waals surface area contributed by atoms with Crippen molar-refractivity contribution in [2.75, 3.05) is 33.2 Å². The van der Waals surface area contributed by atoms with Gasteiger partial charge in [0.05, 0.1) is 6.10 Å². The van der Waals surface area contributed by atoms with Crippen LogP contribution in [0.5, 0.6) is 0 Å². The predicted octanol–water partition coefficient (Wildman–Crippen LogP) is 1.08. The molecule has 0 bridgehead atoms. The molecule has 0 radical (unpaired) electrons. The Morgan fingerprint density at radius 2 is 2.33 bits per heavy atom. The van der Waals surface area contributed by atoms with Crippen LogP contribution in [0.3, 0.4) is 0 Å². The molecule has 0 aromatic heterocycles. The van der Waals surface area contributed by atoms with Gasteiger partial charge in [0.1, 0.15) is 0 Å². The Labute approximate surface area is 93.9 Å². The van der Waals surface area contributed by atoms with Crippen molar-refractivity contribution in [2.45, 2.75) is 38.7 Å². The maximum atomic E-state index is 9.39. The van der Waals surface area contributed by atoms with E-state index in [1.165, 1.54) is 25.9 Å². The summed E-state index contributed by atoms with van der Waals surface area (Å²) in [5.74, 6) is 0.808. The SMILES string of the molecule is CCC(O)CCNCC1CCCN(C)C1. The van der Waals surface area contributed by atoms with Gasteiger partial charge in [0.25, 0.3) is 0 Å². The summed E-state index contributed by atoms with van der Waals surface area (Å²) in [5, 5.41) is 12.8. The van der Waals surface area contributed by atoms with Gasteiger partial charge in [-0.05, 0) is 58.3 Å². The summed E-state index contributed by atoms with van der Waals surface area (Å²) in [5.41, 5.74) is 0. The largest absolute Gasteiger partial charge is 0.393 e. The van der Waals surface area contributed by atoms with Gasteiger partial charge in [-0.2, -0.15) is 0 Å². The van der Waals surface area contributed by atoms with Gasteiger partial charge in [-0.25, -0.2) is 0 Å². The normalized spacial score (nSPS) is 25.4. The van der Waals surface area contributed by atoms with Crippen LogP contribution in [0.15, 0.2) is 0 Å². The minimum atomic E-state index is -0.119. The van der Waals surface area contributed by atoms with Gasteiger partial charge in [0, 0.05) is 6.54 Å². The van der Waals surface area contributed by atoms with Gasteiger partial charge in [-0.1, -0.05) is 6.92 Å². The van der Waals surface area contributed by atoms with E-state index in [4.69, 9.17) is 0 Å². The number of aliphatic hydroxyl groups is 1. The number of hydrogen-bond donors (Lipinski definition) is 2. The molecular formula is C12H26N2O. The maximum Gasteiger partial charge on any atom is 0.0549 e. The van der Waals surface area contributed by atoms with E-state index in [2.05, 4.69) is 17.3 Å². The predicted molar refractivity (Wildman–Crippen MR) is 64.0 cm³/mol. The molecule has 0 saturated carbocycles. The van der Waals surface area contributed by atoms with Gasteiger partial charge in [-0.15, -0.1) is 0 Å². The van der Waals surface area contributed by atoms with Crippen LogP contribution in [0.1, 0.15) is 32.6 Å². The third-order valence-electron chi connectivity index (χ3n) is 3.28. The highest BCUT2D eigenvalue weighted by Gasteiger charge is 2.16. The molecule has 1 aliphatic rings. The van der Waals surface area contributed by atoms with Crippen LogP contribution < -0.4 is 5.32 Å². The Kier molecular flexibility index (Phi) is 6.22. The number of nitrogens with zero attached hydrogens (tertiary/aromatic N) is 1. The summed E-state index contributed by atoms with van der Waals surface area (Å²) < 4.78 is 0. The van der Waals surface area contributed by atoms with Crippen molar-refractivity contribution in [3.05, 3.63) is 0 Å². The van der Waals surface area contributed by atoms with Crippen molar-refractivity contribution in [1.82, 2.24) is 10.2 Å². The molecule has 3 heteroatoms. The van der Waals surface area contributed by atoms with Crippen molar-refractivity contribution in [3.8, 4) is 0 Å². The molecule has 2 N–H and O–H groups in total. The molecule has 1 aliphatic heterocycles. The summed E-state index contributed by atoms with van der Waals surface area (Å²) in [4.78, 5) is 2.41. The number of likely N-dealkylation sites (tertiary alicyclic amines) is 1. The lowest BCUT2D eigenvalue weighted by molar-refractivity contribution is 0.157. The molecule has 0 amide bonds. The second-order valence-electron chi connectivity index (χ2n) is 4.83. The molecular weight excluding hydrogens is 188 g/mol. The van der Waals surface area contributed by atoms with E-state index in [1.807, 2.05) is 6.92 Å². The summed E-state index contributed by atoms with van der Waals surface area (Å²) in [7, 11) is 2.20. The molecule has 1 rings (SSSR count). The molecule has 1 heterocycles. The summed E-state index contributed by atoms with van der Waals surface area (Å²) >= 11 is 0. The van der Waals surface area contributed by atoms with Crippen LogP contribution in [-0.2, 0) is 0 Å². The lowest BCUT2D eigenvalue weighted by Crippen LogP contribution is -2.37. The van der Waals surface area contributed by atoms with E-state index >= 15 is 0 Å². The Morgan fingerprint density at radius 3 is 3.00 bits per heavy atom. The Morgan fingerprint density at radius 1 is 1.53 bits per heavy atom. The van der Waals surface area contributed by atoms with E-state index in [1.54, 1.807) is 0 Å². The molecule has 0 spiro atoms. The highest BCUT2D eigenvalue weighted by Crippen LogP contribution is 2.13. The number of piperidine rings is 1. The Hall–Kier alpha value is -0.120. The topological polar surface area (TPSA) is 35.5 Å². The maximum absolute atomic E-state index is 9.39. The number of nitrogens with one attached hydrogen (secondary N) is 1. The van der Waals surface area contributed by atoms with E-state index < -0.39 is 0 Å². The smallest absolute Gasteiger partial charge is 0.0549 e. The molecule has 0 aromatic carbocycles. The number of hydrogen-bond acceptors (Lipinski definition) is 3. The number of aliphatic hydroxyl groups excluding tert-OH is 1. The summed E-state index contributed by atoms with van der Waals surface area (Å²) in [6, 6.07) is 0. The standard InChI is InChI=1S/C12H26N2O/c1-3-12(15)6-7-13-9-11-5-4-8-14(2)10-11/h11-13,15H,3-10H2,1-2H3. The van der Waals surface area contributed by atoms with Gasteiger partial charge in [-0.3, -0.25) is 0 Å². The number of rotatable bonds is 6. The lowest BCUT2D eigenvalue weighted by Gasteiger charge is -2.29. The first-order valence-electron chi connectivity index (χ1n) is 6.29. The first kappa shape index (κ1) is 12.9.